The van der Waals surface area contributed by atoms with E-state index in [0.717, 1.165) is 12.0 Å². The molecule has 1 heterocycles. The third kappa shape index (κ3) is 2.49. The minimum absolute atomic E-state index is 0.211. The van der Waals surface area contributed by atoms with Crippen LogP contribution in [0.5, 0.6) is 0 Å². The topological polar surface area (TPSA) is 46.0 Å². The van der Waals surface area contributed by atoms with Crippen LogP contribution in [0, 0.1) is 12.8 Å². The first-order valence-corrected chi connectivity index (χ1v) is 4.61. The monoisotopic (exact) mass is 180 g/mol. The van der Waals surface area contributed by atoms with Crippen molar-refractivity contribution in [1.82, 2.24) is 9.97 Å². The van der Waals surface area contributed by atoms with Gasteiger partial charge in [-0.05, 0) is 18.4 Å². The number of aliphatic hydroxyl groups excluding tert-OH is 1. The van der Waals surface area contributed by atoms with Gasteiger partial charge in [0.05, 0.1) is 0 Å². The number of aliphatic hydroxyl groups is 1. The maximum absolute atomic E-state index is 9.75. The van der Waals surface area contributed by atoms with E-state index in [9.17, 15) is 5.11 Å². The van der Waals surface area contributed by atoms with Crippen LogP contribution in [0.3, 0.4) is 0 Å². The largest absolute Gasteiger partial charge is 0.385 e. The van der Waals surface area contributed by atoms with Crippen molar-refractivity contribution in [3.05, 3.63) is 23.8 Å². The fourth-order valence-electron chi connectivity index (χ4n) is 1.03. The van der Waals surface area contributed by atoms with Crippen molar-refractivity contribution in [3.63, 3.8) is 0 Å². The van der Waals surface area contributed by atoms with E-state index in [0.29, 0.717) is 5.82 Å². The van der Waals surface area contributed by atoms with Crippen LogP contribution in [0.4, 0.5) is 0 Å². The number of aryl methyl sites for hydroxylation is 1. The Balaban J connectivity index is 2.77. The van der Waals surface area contributed by atoms with Crippen LogP contribution in [0.1, 0.15) is 37.8 Å². The molecule has 1 N–H and O–H groups in total. The zero-order valence-electron chi connectivity index (χ0n) is 8.36. The summed E-state index contributed by atoms with van der Waals surface area (Å²) in [4.78, 5) is 8.17. The summed E-state index contributed by atoms with van der Waals surface area (Å²) < 4.78 is 0. The summed E-state index contributed by atoms with van der Waals surface area (Å²) in [6.45, 7) is 5.97. The predicted octanol–water partition coefficient (Wildman–Crippen LogP) is 1.86. The van der Waals surface area contributed by atoms with Gasteiger partial charge in [-0.25, -0.2) is 9.97 Å². The van der Waals surface area contributed by atoms with Gasteiger partial charge in [-0.15, -0.1) is 0 Å². The predicted molar refractivity (Wildman–Crippen MR) is 51.2 cm³/mol. The molecule has 0 aliphatic rings. The summed E-state index contributed by atoms with van der Waals surface area (Å²) in [5.41, 5.74) is 1.01. The highest BCUT2D eigenvalue weighted by molar-refractivity contribution is 5.03. The standard InChI is InChI=1S/C10H16N2O/c1-4-8(3)9(13)10-11-5-7(2)6-12-10/h5-6,8-9,13H,4H2,1-3H3. The van der Waals surface area contributed by atoms with Crippen molar-refractivity contribution in [2.75, 3.05) is 0 Å². The molecule has 1 aromatic heterocycles. The smallest absolute Gasteiger partial charge is 0.157 e. The Morgan fingerprint density at radius 1 is 1.38 bits per heavy atom. The molecule has 1 rings (SSSR count). The molecule has 3 heteroatoms. The molecule has 2 atom stereocenters. The number of hydrogen-bond acceptors (Lipinski definition) is 3. The van der Waals surface area contributed by atoms with Crippen LogP contribution >= 0.6 is 0 Å². The molecular formula is C10H16N2O. The number of rotatable bonds is 3. The molecular weight excluding hydrogens is 164 g/mol. The third-order valence-electron chi connectivity index (χ3n) is 2.25. The molecule has 0 saturated heterocycles. The molecule has 0 spiro atoms. The lowest BCUT2D eigenvalue weighted by Gasteiger charge is -2.15. The van der Waals surface area contributed by atoms with Crippen molar-refractivity contribution >= 4 is 0 Å². The fourth-order valence-corrected chi connectivity index (χ4v) is 1.03. The number of hydrogen-bond donors (Lipinski definition) is 1. The quantitative estimate of drug-likeness (QED) is 0.772. The Morgan fingerprint density at radius 3 is 2.38 bits per heavy atom. The van der Waals surface area contributed by atoms with Crippen LogP contribution in [-0.2, 0) is 0 Å². The molecule has 0 aliphatic carbocycles. The van der Waals surface area contributed by atoms with Crippen LogP contribution in [-0.4, -0.2) is 15.1 Å². The van der Waals surface area contributed by atoms with Gasteiger partial charge < -0.3 is 5.11 Å². The van der Waals surface area contributed by atoms with Crippen molar-refractivity contribution < 1.29 is 5.11 Å². The zero-order valence-corrected chi connectivity index (χ0v) is 8.36. The maximum Gasteiger partial charge on any atom is 0.157 e. The molecule has 2 unspecified atom stereocenters. The van der Waals surface area contributed by atoms with Crippen LogP contribution < -0.4 is 0 Å². The first-order chi connectivity index (χ1) is 6.15. The molecule has 0 bridgehead atoms. The van der Waals surface area contributed by atoms with E-state index < -0.39 is 6.10 Å². The van der Waals surface area contributed by atoms with Gasteiger partial charge in [0.15, 0.2) is 5.82 Å². The fraction of sp³-hybridized carbons (Fsp3) is 0.600. The van der Waals surface area contributed by atoms with Crippen LogP contribution in [0.25, 0.3) is 0 Å². The Bertz CT molecular complexity index is 258. The minimum Gasteiger partial charge on any atom is -0.385 e. The highest BCUT2D eigenvalue weighted by Gasteiger charge is 2.16. The summed E-state index contributed by atoms with van der Waals surface area (Å²) >= 11 is 0. The van der Waals surface area contributed by atoms with Gasteiger partial charge >= 0.3 is 0 Å². The van der Waals surface area contributed by atoms with E-state index in [1.165, 1.54) is 0 Å². The second kappa shape index (κ2) is 4.33. The summed E-state index contributed by atoms with van der Waals surface area (Å²) in [6, 6.07) is 0. The van der Waals surface area contributed by atoms with Crippen molar-refractivity contribution in [2.24, 2.45) is 5.92 Å². The molecule has 0 saturated carbocycles. The highest BCUT2D eigenvalue weighted by atomic mass is 16.3. The van der Waals surface area contributed by atoms with E-state index in [4.69, 9.17) is 0 Å². The van der Waals surface area contributed by atoms with E-state index in [1.54, 1.807) is 12.4 Å². The van der Waals surface area contributed by atoms with Gasteiger partial charge in [-0.3, -0.25) is 0 Å². The Morgan fingerprint density at radius 2 is 1.92 bits per heavy atom. The second-order valence-corrected chi connectivity index (χ2v) is 3.45. The van der Waals surface area contributed by atoms with Gasteiger partial charge in [-0.1, -0.05) is 20.3 Å². The first-order valence-electron chi connectivity index (χ1n) is 4.61. The molecule has 3 nitrogen and oxygen atoms in total. The Hall–Kier alpha value is -0.960. The summed E-state index contributed by atoms with van der Waals surface area (Å²) in [5, 5.41) is 9.75. The lowest BCUT2D eigenvalue weighted by molar-refractivity contribution is 0.106. The van der Waals surface area contributed by atoms with Crippen LogP contribution in [0.2, 0.25) is 0 Å². The third-order valence-corrected chi connectivity index (χ3v) is 2.25. The van der Waals surface area contributed by atoms with E-state index in [1.807, 2.05) is 20.8 Å². The lowest BCUT2D eigenvalue weighted by Crippen LogP contribution is -2.11. The number of aromatic nitrogens is 2. The Labute approximate surface area is 78.9 Å². The van der Waals surface area contributed by atoms with Gasteiger partial charge in [0, 0.05) is 12.4 Å². The average molecular weight is 180 g/mol. The van der Waals surface area contributed by atoms with Gasteiger partial charge in [0.1, 0.15) is 6.10 Å². The molecule has 72 valence electrons. The van der Waals surface area contributed by atoms with Gasteiger partial charge in [0.2, 0.25) is 0 Å². The van der Waals surface area contributed by atoms with E-state index in [2.05, 4.69) is 9.97 Å². The van der Waals surface area contributed by atoms with Crippen LogP contribution in [0.15, 0.2) is 12.4 Å². The summed E-state index contributed by atoms with van der Waals surface area (Å²) in [6.07, 6.45) is 3.85. The molecule has 0 aliphatic heterocycles. The molecule has 0 radical (unpaired) electrons. The summed E-state index contributed by atoms with van der Waals surface area (Å²) in [7, 11) is 0. The number of nitrogens with zero attached hydrogens (tertiary/aromatic N) is 2. The van der Waals surface area contributed by atoms with Crippen molar-refractivity contribution in [3.8, 4) is 0 Å². The Kier molecular flexibility index (Phi) is 3.37. The minimum atomic E-state index is -0.536. The van der Waals surface area contributed by atoms with E-state index >= 15 is 0 Å². The molecule has 1 aromatic rings. The lowest BCUT2D eigenvalue weighted by atomic mass is 10.0. The first kappa shape index (κ1) is 10.1. The highest BCUT2D eigenvalue weighted by Crippen LogP contribution is 2.20. The normalized spacial score (nSPS) is 15.4. The molecule has 0 aromatic carbocycles. The summed E-state index contributed by atoms with van der Waals surface area (Å²) in [5.74, 6) is 0.739. The SMILES string of the molecule is CCC(C)C(O)c1ncc(C)cn1. The molecule has 13 heavy (non-hydrogen) atoms. The zero-order chi connectivity index (χ0) is 9.84. The molecule has 0 amide bonds. The maximum atomic E-state index is 9.75. The van der Waals surface area contributed by atoms with Gasteiger partial charge in [0.25, 0.3) is 0 Å². The second-order valence-electron chi connectivity index (χ2n) is 3.45. The van der Waals surface area contributed by atoms with Crippen molar-refractivity contribution in [2.45, 2.75) is 33.3 Å². The van der Waals surface area contributed by atoms with E-state index in [-0.39, 0.29) is 5.92 Å². The molecule has 0 fully saturated rings. The van der Waals surface area contributed by atoms with Gasteiger partial charge in [-0.2, -0.15) is 0 Å². The van der Waals surface area contributed by atoms with Crippen molar-refractivity contribution in [1.29, 1.82) is 0 Å². The average Bonchev–Trinajstić information content (AvgIpc) is 2.17.